The van der Waals surface area contributed by atoms with Gasteiger partial charge in [-0.3, -0.25) is 9.69 Å². The Labute approximate surface area is 148 Å². The molecule has 0 spiro atoms. The number of nitrogens with one attached hydrogen (secondary N) is 1. The van der Waals surface area contributed by atoms with E-state index in [1.165, 1.54) is 6.08 Å². The Morgan fingerprint density at radius 3 is 2.68 bits per heavy atom. The summed E-state index contributed by atoms with van der Waals surface area (Å²) < 4.78 is 15.9. The zero-order valence-electron chi connectivity index (χ0n) is 15.0. The van der Waals surface area contributed by atoms with Gasteiger partial charge in [0.15, 0.2) is 0 Å². The van der Waals surface area contributed by atoms with Gasteiger partial charge in [-0.15, -0.1) is 0 Å². The fraction of sp³-hybridized carbons (Fsp3) is 0.316. The molecule has 0 aliphatic rings. The Morgan fingerprint density at radius 1 is 1.28 bits per heavy atom. The molecule has 1 heterocycles. The third-order valence-electron chi connectivity index (χ3n) is 3.82. The summed E-state index contributed by atoms with van der Waals surface area (Å²) in [5, 5.41) is 2.89. The molecule has 1 unspecified atom stereocenters. The van der Waals surface area contributed by atoms with Crippen molar-refractivity contribution in [2.45, 2.75) is 6.04 Å². The third kappa shape index (κ3) is 5.12. The van der Waals surface area contributed by atoms with Crippen molar-refractivity contribution >= 4 is 12.0 Å². The number of ether oxygens (including phenoxy) is 2. The number of amides is 1. The van der Waals surface area contributed by atoms with E-state index in [9.17, 15) is 4.79 Å². The van der Waals surface area contributed by atoms with E-state index in [-0.39, 0.29) is 11.9 Å². The predicted octanol–water partition coefficient (Wildman–Crippen LogP) is 2.73. The lowest BCUT2D eigenvalue weighted by Gasteiger charge is -2.22. The molecule has 0 aliphatic carbocycles. The highest BCUT2D eigenvalue weighted by atomic mass is 16.5. The second-order valence-corrected chi connectivity index (χ2v) is 5.68. The molecule has 0 radical (unpaired) electrons. The number of hydrogen-bond acceptors (Lipinski definition) is 5. The molecule has 0 fully saturated rings. The first kappa shape index (κ1) is 18.6. The first-order valence-electron chi connectivity index (χ1n) is 7.93. The quantitative estimate of drug-likeness (QED) is 0.746. The maximum absolute atomic E-state index is 12.1. The minimum atomic E-state index is -0.184. The van der Waals surface area contributed by atoms with Gasteiger partial charge in [-0.25, -0.2) is 0 Å². The average molecular weight is 344 g/mol. The number of hydrogen-bond donors (Lipinski definition) is 1. The van der Waals surface area contributed by atoms with Crippen molar-refractivity contribution in [2.24, 2.45) is 0 Å². The molecule has 0 aliphatic heterocycles. The number of benzene rings is 1. The molecule has 134 valence electrons. The molecule has 1 amide bonds. The molecule has 1 N–H and O–H groups in total. The van der Waals surface area contributed by atoms with Gasteiger partial charge in [0.2, 0.25) is 5.91 Å². The van der Waals surface area contributed by atoms with Crippen LogP contribution in [0.25, 0.3) is 6.08 Å². The molecular weight excluding hydrogens is 320 g/mol. The summed E-state index contributed by atoms with van der Waals surface area (Å²) in [5.74, 6) is 1.97. The van der Waals surface area contributed by atoms with Crippen molar-refractivity contribution in [2.75, 3.05) is 34.9 Å². The topological polar surface area (TPSA) is 63.9 Å². The number of carbonyl (C=O) groups excluding carboxylic acids is 1. The molecule has 1 atom stereocenters. The van der Waals surface area contributed by atoms with Gasteiger partial charge in [-0.1, -0.05) is 0 Å². The third-order valence-corrected chi connectivity index (χ3v) is 3.82. The van der Waals surface area contributed by atoms with Crippen molar-refractivity contribution in [3.63, 3.8) is 0 Å². The maximum atomic E-state index is 12.1. The van der Waals surface area contributed by atoms with Crippen LogP contribution in [-0.2, 0) is 4.79 Å². The largest absolute Gasteiger partial charge is 0.497 e. The highest BCUT2D eigenvalue weighted by molar-refractivity contribution is 5.92. The van der Waals surface area contributed by atoms with Crippen molar-refractivity contribution in [1.82, 2.24) is 10.2 Å². The van der Waals surface area contributed by atoms with E-state index in [1.807, 2.05) is 43.3 Å². The maximum Gasteiger partial charge on any atom is 0.244 e. The van der Waals surface area contributed by atoms with Crippen molar-refractivity contribution in [1.29, 1.82) is 0 Å². The SMILES string of the molecule is COc1ccc(/C=C/C(=O)NCC(c2ccco2)N(C)C)c(OC)c1. The van der Waals surface area contributed by atoms with E-state index in [2.05, 4.69) is 5.32 Å². The zero-order valence-corrected chi connectivity index (χ0v) is 15.0. The summed E-state index contributed by atoms with van der Waals surface area (Å²) >= 11 is 0. The van der Waals surface area contributed by atoms with Crippen LogP contribution in [0.3, 0.4) is 0 Å². The van der Waals surface area contributed by atoms with Crippen LogP contribution in [0, 0.1) is 0 Å². The Kier molecular flexibility index (Phi) is 6.65. The minimum Gasteiger partial charge on any atom is -0.497 e. The number of methoxy groups -OCH3 is 2. The Bertz CT molecular complexity index is 708. The van der Waals surface area contributed by atoms with Crippen LogP contribution in [0.2, 0.25) is 0 Å². The molecule has 25 heavy (non-hydrogen) atoms. The fourth-order valence-corrected chi connectivity index (χ4v) is 2.40. The molecule has 6 heteroatoms. The van der Waals surface area contributed by atoms with Gasteiger partial charge >= 0.3 is 0 Å². The van der Waals surface area contributed by atoms with Crippen LogP contribution in [0.1, 0.15) is 17.4 Å². The van der Waals surface area contributed by atoms with E-state index in [0.717, 1.165) is 11.3 Å². The second kappa shape index (κ2) is 8.94. The standard InChI is InChI=1S/C19H24N2O4/c1-21(2)16(17-6-5-11-25-17)13-20-19(22)10-8-14-7-9-15(23-3)12-18(14)24-4/h5-12,16H,13H2,1-4H3,(H,20,22)/b10-8+. The molecular formula is C19H24N2O4. The van der Waals surface area contributed by atoms with Gasteiger partial charge in [0, 0.05) is 24.3 Å². The number of furan rings is 1. The van der Waals surface area contributed by atoms with Crippen LogP contribution in [0.4, 0.5) is 0 Å². The minimum absolute atomic E-state index is 0.0251. The van der Waals surface area contributed by atoms with Crippen LogP contribution in [-0.4, -0.2) is 45.7 Å². The van der Waals surface area contributed by atoms with Crippen LogP contribution < -0.4 is 14.8 Å². The van der Waals surface area contributed by atoms with Gasteiger partial charge in [0.1, 0.15) is 17.3 Å². The lowest BCUT2D eigenvalue weighted by atomic mass is 10.1. The molecule has 0 bridgehead atoms. The zero-order chi connectivity index (χ0) is 18.2. The lowest BCUT2D eigenvalue weighted by Crippen LogP contribution is -2.33. The van der Waals surface area contributed by atoms with Crippen LogP contribution in [0.5, 0.6) is 11.5 Å². The van der Waals surface area contributed by atoms with Crippen molar-refractivity contribution < 1.29 is 18.7 Å². The summed E-state index contributed by atoms with van der Waals surface area (Å²) in [5.41, 5.74) is 0.800. The van der Waals surface area contributed by atoms with E-state index >= 15 is 0 Å². The van der Waals surface area contributed by atoms with E-state index < -0.39 is 0 Å². The summed E-state index contributed by atoms with van der Waals surface area (Å²) in [6, 6.07) is 9.14. The molecule has 0 saturated heterocycles. The van der Waals surface area contributed by atoms with Crippen LogP contribution in [0.15, 0.2) is 47.1 Å². The normalized spacial score (nSPS) is 12.4. The van der Waals surface area contributed by atoms with Gasteiger partial charge < -0.3 is 19.2 Å². The van der Waals surface area contributed by atoms with E-state index in [4.69, 9.17) is 13.9 Å². The summed E-state index contributed by atoms with van der Waals surface area (Å²) in [6.07, 6.45) is 4.83. The number of nitrogens with zero attached hydrogens (tertiary/aromatic N) is 1. The molecule has 0 saturated carbocycles. The molecule has 1 aromatic heterocycles. The first-order chi connectivity index (χ1) is 12.0. The molecule has 2 aromatic rings. The molecule has 6 nitrogen and oxygen atoms in total. The summed E-state index contributed by atoms with van der Waals surface area (Å²) in [4.78, 5) is 14.1. The Morgan fingerprint density at radius 2 is 2.08 bits per heavy atom. The smallest absolute Gasteiger partial charge is 0.244 e. The highest BCUT2D eigenvalue weighted by Gasteiger charge is 2.17. The van der Waals surface area contributed by atoms with Gasteiger partial charge in [0.25, 0.3) is 0 Å². The number of likely N-dealkylation sites (N-methyl/N-ethyl adjacent to an activating group) is 1. The first-order valence-corrected chi connectivity index (χ1v) is 7.93. The second-order valence-electron chi connectivity index (χ2n) is 5.68. The molecule has 2 rings (SSSR count). The molecule has 1 aromatic carbocycles. The summed E-state index contributed by atoms with van der Waals surface area (Å²) in [6.45, 7) is 0.448. The summed E-state index contributed by atoms with van der Waals surface area (Å²) in [7, 11) is 7.06. The predicted molar refractivity (Wildman–Crippen MR) is 96.7 cm³/mol. The van der Waals surface area contributed by atoms with Crippen molar-refractivity contribution in [3.8, 4) is 11.5 Å². The van der Waals surface area contributed by atoms with Gasteiger partial charge in [-0.05, 0) is 44.4 Å². The van der Waals surface area contributed by atoms with E-state index in [1.54, 1.807) is 32.6 Å². The van der Waals surface area contributed by atoms with E-state index in [0.29, 0.717) is 18.0 Å². The van der Waals surface area contributed by atoms with Crippen LogP contribution >= 0.6 is 0 Å². The number of carbonyl (C=O) groups is 1. The highest BCUT2D eigenvalue weighted by Crippen LogP contribution is 2.25. The van der Waals surface area contributed by atoms with Crippen molar-refractivity contribution in [3.05, 3.63) is 54.0 Å². The number of rotatable bonds is 8. The fourth-order valence-electron chi connectivity index (χ4n) is 2.40. The Balaban J connectivity index is 1.99. The Hall–Kier alpha value is -2.73. The van der Waals surface area contributed by atoms with Gasteiger partial charge in [0.05, 0.1) is 26.5 Å². The van der Waals surface area contributed by atoms with Gasteiger partial charge in [-0.2, -0.15) is 0 Å². The lowest BCUT2D eigenvalue weighted by molar-refractivity contribution is -0.116. The monoisotopic (exact) mass is 344 g/mol. The average Bonchev–Trinajstić information content (AvgIpc) is 3.13.